The molecule has 0 fully saturated rings. The average Bonchev–Trinajstić information content (AvgIpc) is 2.54. The van der Waals surface area contributed by atoms with Crippen molar-refractivity contribution in [3.63, 3.8) is 0 Å². The van der Waals surface area contributed by atoms with Crippen molar-refractivity contribution in [3.8, 4) is 11.3 Å². The number of esters is 1. The largest absolute Gasteiger partial charge is 0.466 e. The molecule has 3 rings (SSSR count). The quantitative estimate of drug-likeness (QED) is 0.671. The Morgan fingerprint density at radius 2 is 1.80 bits per heavy atom. The molecule has 0 spiro atoms. The number of hydrogen-bond acceptors (Lipinski definition) is 4. The molecular weight excluding hydrogens is 316 g/mol. The van der Waals surface area contributed by atoms with Gasteiger partial charge in [0.25, 0.3) is 0 Å². The summed E-state index contributed by atoms with van der Waals surface area (Å²) in [7, 11) is 0. The fourth-order valence-electron chi connectivity index (χ4n) is 2.97. The molecule has 1 aromatic heterocycles. The average molecular weight is 336 g/mol. The third kappa shape index (κ3) is 3.63. The number of fused-ring (bicyclic) bond motifs is 1. The van der Waals surface area contributed by atoms with Crippen molar-refractivity contribution < 1.29 is 13.9 Å². The summed E-state index contributed by atoms with van der Waals surface area (Å²) in [5.41, 5.74) is 4.16. The van der Waals surface area contributed by atoms with Crippen molar-refractivity contribution in [2.45, 2.75) is 27.2 Å². The summed E-state index contributed by atoms with van der Waals surface area (Å²) in [5.74, 6) is 0.267. The molecule has 0 aliphatic carbocycles. The van der Waals surface area contributed by atoms with Crippen LogP contribution in [0.1, 0.15) is 23.6 Å². The lowest BCUT2D eigenvalue weighted by molar-refractivity contribution is -0.142. The molecular formula is C21H20O4. The van der Waals surface area contributed by atoms with Crippen LogP contribution in [-0.2, 0) is 16.0 Å². The van der Waals surface area contributed by atoms with Gasteiger partial charge >= 0.3 is 5.97 Å². The van der Waals surface area contributed by atoms with Crippen molar-refractivity contribution in [2.24, 2.45) is 0 Å². The first kappa shape index (κ1) is 17.0. The van der Waals surface area contributed by atoms with E-state index in [-0.39, 0.29) is 17.8 Å². The first-order chi connectivity index (χ1) is 12.0. The fraction of sp³-hybridized carbons (Fsp3) is 0.238. The molecule has 3 aromatic rings. The van der Waals surface area contributed by atoms with E-state index >= 15 is 0 Å². The van der Waals surface area contributed by atoms with E-state index in [0.29, 0.717) is 23.3 Å². The minimum Gasteiger partial charge on any atom is -0.466 e. The minimum atomic E-state index is -0.251. The molecule has 1 heterocycles. The number of aryl methyl sites for hydroxylation is 2. The Labute approximate surface area is 146 Å². The van der Waals surface area contributed by atoms with Gasteiger partial charge in [0.05, 0.1) is 18.4 Å². The molecule has 4 nitrogen and oxygen atoms in total. The maximum absolute atomic E-state index is 12.5. The van der Waals surface area contributed by atoms with Gasteiger partial charge in [-0.3, -0.25) is 9.59 Å². The molecule has 0 aliphatic heterocycles. The third-order valence-corrected chi connectivity index (χ3v) is 4.06. The Balaban J connectivity index is 1.97. The zero-order valence-corrected chi connectivity index (χ0v) is 14.6. The monoisotopic (exact) mass is 336 g/mol. The highest BCUT2D eigenvalue weighted by molar-refractivity contribution is 5.82. The predicted molar refractivity (Wildman–Crippen MR) is 97.7 cm³/mol. The summed E-state index contributed by atoms with van der Waals surface area (Å²) in [5, 5.41) is 0.619. The Morgan fingerprint density at radius 3 is 2.48 bits per heavy atom. The second-order valence-electron chi connectivity index (χ2n) is 6.11. The second kappa shape index (κ2) is 6.93. The Bertz CT molecular complexity index is 981. The zero-order valence-electron chi connectivity index (χ0n) is 14.6. The van der Waals surface area contributed by atoms with Crippen LogP contribution in [-0.4, -0.2) is 12.6 Å². The number of ether oxygens (including phenoxy) is 1. The van der Waals surface area contributed by atoms with Gasteiger partial charge in [-0.2, -0.15) is 0 Å². The van der Waals surface area contributed by atoms with E-state index in [9.17, 15) is 9.59 Å². The first-order valence-corrected chi connectivity index (χ1v) is 8.28. The zero-order chi connectivity index (χ0) is 18.0. The highest BCUT2D eigenvalue weighted by Crippen LogP contribution is 2.25. The predicted octanol–water partition coefficient (Wildman–Crippen LogP) is 4.18. The number of rotatable bonds is 4. The van der Waals surface area contributed by atoms with Crippen LogP contribution in [0, 0.1) is 13.8 Å². The number of benzene rings is 2. The summed E-state index contributed by atoms with van der Waals surface area (Å²) >= 11 is 0. The maximum atomic E-state index is 12.5. The van der Waals surface area contributed by atoms with E-state index < -0.39 is 0 Å². The molecule has 25 heavy (non-hydrogen) atoms. The van der Waals surface area contributed by atoms with Crippen molar-refractivity contribution in [1.82, 2.24) is 0 Å². The van der Waals surface area contributed by atoms with Gasteiger partial charge in [0.1, 0.15) is 11.3 Å². The molecule has 128 valence electrons. The van der Waals surface area contributed by atoms with Crippen LogP contribution >= 0.6 is 0 Å². The standard InChI is InChI=1S/C21H20O4/c1-4-24-20(23)11-15-5-7-16(8-6-15)18-12-17(22)21-14(3)9-13(2)10-19(21)25-18/h5-10,12H,4,11H2,1-3H3. The van der Waals surface area contributed by atoms with Crippen LogP contribution < -0.4 is 5.43 Å². The lowest BCUT2D eigenvalue weighted by Gasteiger charge is -2.07. The lowest BCUT2D eigenvalue weighted by Crippen LogP contribution is -2.07. The van der Waals surface area contributed by atoms with Gasteiger partial charge < -0.3 is 9.15 Å². The van der Waals surface area contributed by atoms with Gasteiger partial charge in [-0.15, -0.1) is 0 Å². The second-order valence-corrected chi connectivity index (χ2v) is 6.11. The summed E-state index contributed by atoms with van der Waals surface area (Å²) in [6.45, 7) is 6.05. The van der Waals surface area contributed by atoms with E-state index in [4.69, 9.17) is 9.15 Å². The van der Waals surface area contributed by atoms with Crippen LogP contribution in [0.3, 0.4) is 0 Å². The number of carbonyl (C=O) groups excluding carboxylic acids is 1. The minimum absolute atomic E-state index is 0.0515. The maximum Gasteiger partial charge on any atom is 0.310 e. The van der Waals surface area contributed by atoms with Crippen LogP contribution in [0.5, 0.6) is 0 Å². The summed E-state index contributed by atoms with van der Waals surface area (Å²) in [6.07, 6.45) is 0.230. The Hall–Kier alpha value is -2.88. The summed E-state index contributed by atoms with van der Waals surface area (Å²) < 4.78 is 10.9. The number of carbonyl (C=O) groups is 1. The van der Waals surface area contributed by atoms with Gasteiger partial charge in [-0.1, -0.05) is 30.3 Å². The summed E-state index contributed by atoms with van der Waals surface area (Å²) in [6, 6.07) is 12.8. The van der Waals surface area contributed by atoms with Crippen molar-refractivity contribution in [3.05, 3.63) is 69.4 Å². The number of hydrogen-bond donors (Lipinski definition) is 0. The van der Waals surface area contributed by atoms with Crippen LogP contribution in [0.15, 0.2) is 51.7 Å². The Morgan fingerprint density at radius 1 is 1.08 bits per heavy atom. The van der Waals surface area contributed by atoms with E-state index in [1.807, 2.05) is 50.2 Å². The van der Waals surface area contributed by atoms with E-state index in [1.54, 1.807) is 6.92 Å². The van der Waals surface area contributed by atoms with Crippen molar-refractivity contribution >= 4 is 16.9 Å². The van der Waals surface area contributed by atoms with Gasteiger partial charge in [-0.25, -0.2) is 0 Å². The van der Waals surface area contributed by atoms with Gasteiger partial charge in [-0.05, 0) is 43.5 Å². The molecule has 4 heteroatoms. The van der Waals surface area contributed by atoms with Crippen LogP contribution in [0.2, 0.25) is 0 Å². The van der Waals surface area contributed by atoms with Gasteiger partial charge in [0, 0.05) is 11.6 Å². The van der Waals surface area contributed by atoms with Crippen LogP contribution in [0.25, 0.3) is 22.3 Å². The van der Waals surface area contributed by atoms with Crippen molar-refractivity contribution in [1.29, 1.82) is 0 Å². The van der Waals surface area contributed by atoms with Gasteiger partial charge in [0.15, 0.2) is 5.43 Å². The lowest BCUT2D eigenvalue weighted by atomic mass is 10.0. The molecule has 0 aliphatic rings. The summed E-state index contributed by atoms with van der Waals surface area (Å²) in [4.78, 5) is 24.0. The molecule has 0 N–H and O–H groups in total. The Kier molecular flexibility index (Phi) is 4.70. The molecule has 0 saturated carbocycles. The SMILES string of the molecule is CCOC(=O)Cc1ccc(-c2cc(=O)c3c(C)cc(C)cc3o2)cc1. The topological polar surface area (TPSA) is 56.5 Å². The normalized spacial score (nSPS) is 10.8. The molecule has 0 bridgehead atoms. The highest BCUT2D eigenvalue weighted by Gasteiger charge is 2.10. The first-order valence-electron chi connectivity index (χ1n) is 8.28. The molecule has 2 aromatic carbocycles. The molecule has 0 unspecified atom stereocenters. The van der Waals surface area contributed by atoms with E-state index in [1.165, 1.54) is 6.07 Å². The fourth-order valence-corrected chi connectivity index (χ4v) is 2.97. The van der Waals surface area contributed by atoms with Crippen molar-refractivity contribution in [2.75, 3.05) is 6.61 Å². The van der Waals surface area contributed by atoms with E-state index in [2.05, 4.69) is 0 Å². The smallest absolute Gasteiger partial charge is 0.310 e. The van der Waals surface area contributed by atoms with Crippen LogP contribution in [0.4, 0.5) is 0 Å². The highest BCUT2D eigenvalue weighted by atomic mass is 16.5. The molecule has 0 saturated heterocycles. The van der Waals surface area contributed by atoms with Gasteiger partial charge in [0.2, 0.25) is 0 Å². The molecule has 0 atom stereocenters. The van der Waals surface area contributed by atoms with E-state index in [0.717, 1.165) is 22.3 Å². The molecule has 0 amide bonds. The third-order valence-electron chi connectivity index (χ3n) is 4.06. The molecule has 0 radical (unpaired) electrons.